The van der Waals surface area contributed by atoms with Crippen LogP contribution < -0.4 is 5.56 Å². The van der Waals surface area contributed by atoms with E-state index in [1.165, 1.54) is 0 Å². The molecule has 4 rings (SSSR count). The highest BCUT2D eigenvalue weighted by Crippen LogP contribution is 2.34. The summed E-state index contributed by atoms with van der Waals surface area (Å²) in [6, 6.07) is 4.20. The zero-order chi connectivity index (χ0) is 14.0. The Labute approximate surface area is 116 Å². The minimum atomic E-state index is 0.0647. The summed E-state index contributed by atoms with van der Waals surface area (Å²) in [6.45, 7) is 5.88. The zero-order valence-electron chi connectivity index (χ0n) is 11.8. The average Bonchev–Trinajstić information content (AvgIpc) is 2.82. The molecule has 0 unspecified atom stereocenters. The Morgan fingerprint density at radius 3 is 2.75 bits per heavy atom. The van der Waals surface area contributed by atoms with Crippen LogP contribution >= 0.6 is 0 Å². The van der Waals surface area contributed by atoms with Gasteiger partial charge in [-0.1, -0.05) is 6.08 Å². The van der Waals surface area contributed by atoms with Crippen LogP contribution in [0.25, 0.3) is 28.1 Å². The van der Waals surface area contributed by atoms with E-state index >= 15 is 0 Å². The Hall–Kier alpha value is -2.29. The molecule has 2 aromatic heterocycles. The molecule has 1 aromatic carbocycles. The van der Waals surface area contributed by atoms with Gasteiger partial charge < -0.3 is 4.42 Å². The number of fused-ring (bicyclic) bond motifs is 2. The lowest BCUT2D eigenvalue weighted by molar-refractivity contribution is 0.576. The summed E-state index contributed by atoms with van der Waals surface area (Å²) in [6.07, 6.45) is 4.71. The predicted octanol–water partition coefficient (Wildman–Crippen LogP) is 3.70. The molecular weight excluding hydrogens is 250 g/mol. The molecule has 3 nitrogen and oxygen atoms in total. The van der Waals surface area contributed by atoms with Crippen molar-refractivity contribution >= 4 is 28.1 Å². The molecule has 3 aromatic rings. The van der Waals surface area contributed by atoms with Crippen LogP contribution in [0.3, 0.4) is 0 Å². The van der Waals surface area contributed by atoms with Gasteiger partial charge in [-0.15, -0.1) is 0 Å². The topological polar surface area (TPSA) is 35.1 Å². The maximum Gasteiger partial charge on any atom is 0.258 e. The molecule has 0 radical (unpaired) electrons. The van der Waals surface area contributed by atoms with Crippen LogP contribution in [0.15, 0.2) is 27.4 Å². The monoisotopic (exact) mass is 265 g/mol. The lowest BCUT2D eigenvalue weighted by Crippen LogP contribution is -2.22. The van der Waals surface area contributed by atoms with Gasteiger partial charge >= 0.3 is 0 Å². The second kappa shape index (κ2) is 3.63. The second-order valence-corrected chi connectivity index (χ2v) is 5.54. The molecule has 0 spiro atoms. The molecule has 0 saturated carbocycles. The van der Waals surface area contributed by atoms with Crippen molar-refractivity contribution in [1.82, 2.24) is 4.57 Å². The predicted molar refractivity (Wildman–Crippen MR) is 81.2 cm³/mol. The van der Waals surface area contributed by atoms with Crippen molar-refractivity contribution in [2.24, 2.45) is 0 Å². The van der Waals surface area contributed by atoms with Gasteiger partial charge in [-0.05, 0) is 44.9 Å². The van der Waals surface area contributed by atoms with Crippen molar-refractivity contribution in [3.05, 3.63) is 51.0 Å². The summed E-state index contributed by atoms with van der Waals surface area (Å²) in [4.78, 5) is 12.4. The quantitative estimate of drug-likeness (QED) is 0.621. The first-order valence-electron chi connectivity index (χ1n) is 6.82. The van der Waals surface area contributed by atoms with Gasteiger partial charge in [0.25, 0.3) is 5.56 Å². The highest BCUT2D eigenvalue weighted by atomic mass is 16.3. The van der Waals surface area contributed by atoms with E-state index in [1.54, 1.807) is 4.57 Å². The number of rotatable bonds is 0. The molecule has 0 bridgehead atoms. The number of benzene rings is 1. The van der Waals surface area contributed by atoms with Gasteiger partial charge in [-0.3, -0.25) is 9.36 Å². The van der Waals surface area contributed by atoms with Crippen LogP contribution in [-0.4, -0.2) is 4.57 Å². The summed E-state index contributed by atoms with van der Waals surface area (Å²) in [5.74, 6) is 0.907. The summed E-state index contributed by atoms with van der Waals surface area (Å²) >= 11 is 0. The van der Waals surface area contributed by atoms with Gasteiger partial charge in [0.05, 0.1) is 5.52 Å². The molecule has 3 heteroatoms. The van der Waals surface area contributed by atoms with Crippen molar-refractivity contribution in [2.45, 2.75) is 27.2 Å². The van der Waals surface area contributed by atoms with Crippen LogP contribution in [0.4, 0.5) is 0 Å². The number of pyridine rings is 1. The number of hydrogen-bond donors (Lipinski definition) is 0. The van der Waals surface area contributed by atoms with Gasteiger partial charge in [-0.25, -0.2) is 0 Å². The first-order chi connectivity index (χ1) is 9.58. The maximum absolute atomic E-state index is 12.4. The number of aromatic nitrogens is 1. The molecule has 1 aliphatic heterocycles. The molecule has 0 amide bonds. The van der Waals surface area contributed by atoms with Gasteiger partial charge in [0, 0.05) is 28.1 Å². The third-order valence-corrected chi connectivity index (χ3v) is 4.32. The normalized spacial score (nSPS) is 13.6. The zero-order valence-corrected chi connectivity index (χ0v) is 11.8. The number of allylic oxidation sites excluding steroid dienone is 1. The third kappa shape index (κ3) is 1.27. The van der Waals surface area contributed by atoms with Gasteiger partial charge in [-0.2, -0.15) is 0 Å². The number of furan rings is 1. The largest absolute Gasteiger partial charge is 0.461 e. The van der Waals surface area contributed by atoms with E-state index in [4.69, 9.17) is 4.42 Å². The molecule has 0 fully saturated rings. The Kier molecular flexibility index (Phi) is 2.09. The van der Waals surface area contributed by atoms with Crippen LogP contribution in [0.2, 0.25) is 0 Å². The van der Waals surface area contributed by atoms with Gasteiger partial charge in [0.1, 0.15) is 11.3 Å². The van der Waals surface area contributed by atoms with Crippen molar-refractivity contribution in [3.8, 4) is 0 Å². The van der Waals surface area contributed by atoms with Gasteiger partial charge in [0.2, 0.25) is 0 Å². The SMILES string of the molecule is Cc1cc2cc3c(C)c(C)c(=O)n4c3c(c2o1)CC=C4. The fourth-order valence-electron chi connectivity index (χ4n) is 3.18. The Balaban J connectivity index is 2.38. The van der Waals surface area contributed by atoms with E-state index in [0.717, 1.165) is 50.7 Å². The van der Waals surface area contributed by atoms with Gasteiger partial charge in [0.15, 0.2) is 0 Å². The first kappa shape index (κ1) is 11.5. The van der Waals surface area contributed by atoms with E-state index in [0.29, 0.717) is 0 Å². The highest BCUT2D eigenvalue weighted by molar-refractivity contribution is 6.01. The Bertz CT molecular complexity index is 970. The highest BCUT2D eigenvalue weighted by Gasteiger charge is 2.19. The molecule has 0 aliphatic carbocycles. The average molecular weight is 265 g/mol. The van der Waals surface area contributed by atoms with E-state index in [-0.39, 0.29) is 5.56 Å². The van der Waals surface area contributed by atoms with E-state index in [1.807, 2.05) is 33.0 Å². The maximum atomic E-state index is 12.4. The fraction of sp³-hybridized carbons (Fsp3) is 0.235. The molecule has 0 atom stereocenters. The molecular formula is C17H15NO2. The third-order valence-electron chi connectivity index (χ3n) is 4.32. The summed E-state index contributed by atoms with van der Waals surface area (Å²) in [5.41, 5.74) is 4.98. The molecule has 3 heterocycles. The fourth-order valence-corrected chi connectivity index (χ4v) is 3.18. The van der Waals surface area contributed by atoms with Crippen molar-refractivity contribution < 1.29 is 4.42 Å². The molecule has 1 aliphatic rings. The number of aryl methyl sites for hydroxylation is 2. The molecule has 100 valence electrons. The van der Waals surface area contributed by atoms with E-state index in [9.17, 15) is 4.79 Å². The van der Waals surface area contributed by atoms with Crippen LogP contribution in [0, 0.1) is 20.8 Å². The molecule has 0 N–H and O–H groups in total. The smallest absolute Gasteiger partial charge is 0.258 e. The lowest BCUT2D eigenvalue weighted by atomic mass is 9.97. The molecule has 0 saturated heterocycles. The minimum absolute atomic E-state index is 0.0647. The van der Waals surface area contributed by atoms with E-state index < -0.39 is 0 Å². The van der Waals surface area contributed by atoms with Crippen molar-refractivity contribution in [3.63, 3.8) is 0 Å². The molecule has 20 heavy (non-hydrogen) atoms. The Morgan fingerprint density at radius 1 is 1.15 bits per heavy atom. The summed E-state index contributed by atoms with van der Waals surface area (Å²) in [5, 5.41) is 2.27. The number of hydrogen-bond acceptors (Lipinski definition) is 2. The van der Waals surface area contributed by atoms with E-state index in [2.05, 4.69) is 12.1 Å². The standard InChI is InChI=1S/C17H15NO2/c1-9-7-12-8-14-10(2)11(3)17(19)18-6-4-5-13(15(14)18)16(12)20-9/h4,6-8H,5H2,1-3H3. The minimum Gasteiger partial charge on any atom is -0.461 e. The second-order valence-electron chi connectivity index (χ2n) is 5.54. The summed E-state index contributed by atoms with van der Waals surface area (Å²) < 4.78 is 7.61. The van der Waals surface area contributed by atoms with Crippen molar-refractivity contribution in [1.29, 1.82) is 0 Å². The van der Waals surface area contributed by atoms with Crippen LogP contribution in [-0.2, 0) is 6.42 Å². The van der Waals surface area contributed by atoms with Crippen LogP contribution in [0.5, 0.6) is 0 Å². The lowest BCUT2D eigenvalue weighted by Gasteiger charge is -2.17. The Morgan fingerprint density at radius 2 is 1.95 bits per heavy atom. The van der Waals surface area contributed by atoms with Crippen LogP contribution in [0.1, 0.15) is 22.5 Å². The van der Waals surface area contributed by atoms with Crippen molar-refractivity contribution in [2.75, 3.05) is 0 Å². The first-order valence-corrected chi connectivity index (χ1v) is 6.82. The number of nitrogens with zero attached hydrogens (tertiary/aromatic N) is 1. The summed E-state index contributed by atoms with van der Waals surface area (Å²) in [7, 11) is 0.